The quantitative estimate of drug-likeness (QED) is 0.734. The average molecular weight is 377 g/mol. The van der Waals surface area contributed by atoms with Crippen LogP contribution in [0.2, 0.25) is 0 Å². The Labute approximate surface area is 168 Å². The van der Waals surface area contributed by atoms with Crippen molar-refractivity contribution >= 4 is 0 Å². The van der Waals surface area contributed by atoms with E-state index in [1.54, 1.807) is 0 Å². The molecular weight excluding hydrogens is 332 g/mol. The Morgan fingerprint density at radius 2 is 1.15 bits per heavy atom. The summed E-state index contributed by atoms with van der Waals surface area (Å²) in [6.45, 7) is 24.6. The number of piperazine rings is 1. The molecule has 0 bridgehead atoms. The number of likely N-dealkylation sites (tertiary alicyclic amines) is 2. The van der Waals surface area contributed by atoms with Crippen LogP contribution in [-0.2, 0) is 0 Å². The molecule has 1 spiro atoms. The van der Waals surface area contributed by atoms with Gasteiger partial charge < -0.3 is 0 Å². The smallest absolute Gasteiger partial charge is 0.0351 e. The molecule has 156 valence electrons. The van der Waals surface area contributed by atoms with Crippen molar-refractivity contribution in [2.24, 2.45) is 5.41 Å². The first-order valence-electron chi connectivity index (χ1n) is 11.5. The molecule has 4 heteroatoms. The molecule has 0 unspecified atom stereocenters. The SMILES string of the molecule is CC(C)(C)N1CCN(C2CCC3(CC2)CN(C2CN(C(C)(C)C)C2)C3)CC1. The second kappa shape index (κ2) is 6.97. The molecule has 4 rings (SSSR count). The Morgan fingerprint density at radius 3 is 1.63 bits per heavy atom. The van der Waals surface area contributed by atoms with E-state index in [1.807, 2.05) is 0 Å². The molecule has 4 nitrogen and oxygen atoms in total. The molecule has 0 N–H and O–H groups in total. The minimum Gasteiger partial charge on any atom is -0.298 e. The fourth-order valence-electron chi connectivity index (χ4n) is 5.96. The summed E-state index contributed by atoms with van der Waals surface area (Å²) >= 11 is 0. The summed E-state index contributed by atoms with van der Waals surface area (Å²) in [5.74, 6) is 0. The van der Waals surface area contributed by atoms with Crippen LogP contribution in [0.3, 0.4) is 0 Å². The van der Waals surface area contributed by atoms with Gasteiger partial charge in [0.25, 0.3) is 0 Å². The van der Waals surface area contributed by atoms with E-state index in [2.05, 4.69) is 61.1 Å². The van der Waals surface area contributed by atoms with E-state index in [1.165, 1.54) is 78.0 Å². The van der Waals surface area contributed by atoms with Gasteiger partial charge in [-0.15, -0.1) is 0 Å². The van der Waals surface area contributed by atoms with E-state index in [0.717, 1.165) is 12.1 Å². The highest BCUT2D eigenvalue weighted by Gasteiger charge is 2.50. The molecule has 0 aromatic carbocycles. The first kappa shape index (κ1) is 20.1. The maximum Gasteiger partial charge on any atom is 0.0351 e. The van der Waals surface area contributed by atoms with E-state index < -0.39 is 0 Å². The molecule has 27 heavy (non-hydrogen) atoms. The van der Waals surface area contributed by atoms with Gasteiger partial charge in [-0.2, -0.15) is 0 Å². The first-order valence-corrected chi connectivity index (χ1v) is 11.5. The fraction of sp³-hybridized carbons (Fsp3) is 1.00. The van der Waals surface area contributed by atoms with E-state index in [0.29, 0.717) is 16.5 Å². The number of hydrogen-bond acceptors (Lipinski definition) is 4. The predicted octanol–water partition coefficient (Wildman–Crippen LogP) is 3.13. The normalized spacial score (nSPS) is 30.4. The van der Waals surface area contributed by atoms with E-state index in [-0.39, 0.29) is 0 Å². The Kier molecular flexibility index (Phi) is 5.19. The van der Waals surface area contributed by atoms with Gasteiger partial charge in [0.05, 0.1) is 0 Å². The molecule has 3 aliphatic heterocycles. The van der Waals surface area contributed by atoms with Crippen LogP contribution >= 0.6 is 0 Å². The maximum absolute atomic E-state index is 2.82. The lowest BCUT2D eigenvalue weighted by Gasteiger charge is -2.61. The van der Waals surface area contributed by atoms with Crippen LogP contribution in [0.4, 0.5) is 0 Å². The van der Waals surface area contributed by atoms with Crippen molar-refractivity contribution < 1.29 is 0 Å². The lowest BCUT2D eigenvalue weighted by Crippen LogP contribution is -2.71. The Morgan fingerprint density at radius 1 is 0.630 bits per heavy atom. The number of nitrogens with zero attached hydrogens (tertiary/aromatic N) is 4. The lowest BCUT2D eigenvalue weighted by molar-refractivity contribution is -0.119. The second-order valence-electron chi connectivity index (χ2n) is 12.1. The zero-order valence-corrected chi connectivity index (χ0v) is 18.9. The zero-order valence-electron chi connectivity index (χ0n) is 18.9. The molecule has 0 aromatic rings. The minimum atomic E-state index is 0.336. The highest BCUT2D eigenvalue weighted by atomic mass is 15.4. The van der Waals surface area contributed by atoms with Crippen molar-refractivity contribution in [3.8, 4) is 0 Å². The summed E-state index contributed by atoms with van der Waals surface area (Å²) in [7, 11) is 0. The summed E-state index contributed by atoms with van der Waals surface area (Å²) < 4.78 is 0. The van der Waals surface area contributed by atoms with E-state index in [9.17, 15) is 0 Å². The van der Waals surface area contributed by atoms with Crippen LogP contribution in [-0.4, -0.2) is 95.1 Å². The molecule has 1 saturated carbocycles. The topological polar surface area (TPSA) is 13.0 Å². The first-order chi connectivity index (χ1) is 12.6. The highest BCUT2D eigenvalue weighted by Crippen LogP contribution is 2.46. The van der Waals surface area contributed by atoms with Crippen LogP contribution in [0.25, 0.3) is 0 Å². The highest BCUT2D eigenvalue weighted by molar-refractivity contribution is 5.05. The molecule has 0 aromatic heterocycles. The summed E-state index contributed by atoms with van der Waals surface area (Å²) in [6, 6.07) is 1.71. The number of rotatable bonds is 2. The van der Waals surface area contributed by atoms with E-state index >= 15 is 0 Å². The van der Waals surface area contributed by atoms with Crippen molar-refractivity contribution in [1.82, 2.24) is 19.6 Å². The summed E-state index contributed by atoms with van der Waals surface area (Å²) in [4.78, 5) is 10.9. The van der Waals surface area contributed by atoms with Crippen LogP contribution < -0.4 is 0 Å². The third-order valence-corrected chi connectivity index (χ3v) is 8.20. The molecule has 4 aliphatic rings. The largest absolute Gasteiger partial charge is 0.298 e. The van der Waals surface area contributed by atoms with Crippen LogP contribution in [0.15, 0.2) is 0 Å². The molecule has 0 atom stereocenters. The number of hydrogen-bond donors (Lipinski definition) is 0. The predicted molar refractivity (Wildman–Crippen MR) is 114 cm³/mol. The van der Waals surface area contributed by atoms with Crippen LogP contribution in [0.1, 0.15) is 67.2 Å². The van der Waals surface area contributed by atoms with Crippen molar-refractivity contribution in [2.45, 2.75) is 90.4 Å². The van der Waals surface area contributed by atoms with Crippen molar-refractivity contribution in [1.29, 1.82) is 0 Å². The van der Waals surface area contributed by atoms with Crippen molar-refractivity contribution in [2.75, 3.05) is 52.4 Å². The molecule has 3 saturated heterocycles. The molecule has 0 radical (unpaired) electrons. The van der Waals surface area contributed by atoms with Gasteiger partial charge in [0, 0.05) is 75.5 Å². The van der Waals surface area contributed by atoms with Crippen LogP contribution in [0.5, 0.6) is 0 Å². The summed E-state index contributed by atoms with van der Waals surface area (Å²) in [5.41, 5.74) is 1.38. The Balaban J connectivity index is 1.18. The van der Waals surface area contributed by atoms with Gasteiger partial charge in [-0.25, -0.2) is 0 Å². The zero-order chi connectivity index (χ0) is 19.4. The fourth-order valence-corrected chi connectivity index (χ4v) is 5.96. The van der Waals surface area contributed by atoms with Gasteiger partial charge in [-0.1, -0.05) is 0 Å². The molecule has 0 amide bonds. The standard InChI is InChI=1S/C23H44N4/c1-21(2,3)26-13-11-24(12-14-26)19-7-9-23(10-8-19)17-25(18-23)20-15-27(16-20)22(4,5)6/h19-20H,7-18H2,1-6H3. The minimum absolute atomic E-state index is 0.336. The Bertz CT molecular complexity index is 501. The molecule has 4 fully saturated rings. The maximum atomic E-state index is 2.82. The molecular formula is C23H44N4. The lowest BCUT2D eigenvalue weighted by atomic mass is 9.66. The third kappa shape index (κ3) is 4.10. The van der Waals surface area contributed by atoms with Crippen LogP contribution in [0, 0.1) is 5.41 Å². The monoisotopic (exact) mass is 376 g/mol. The van der Waals surface area contributed by atoms with Crippen molar-refractivity contribution in [3.63, 3.8) is 0 Å². The van der Waals surface area contributed by atoms with Gasteiger partial charge in [-0.05, 0) is 72.6 Å². The van der Waals surface area contributed by atoms with E-state index in [4.69, 9.17) is 0 Å². The van der Waals surface area contributed by atoms with Gasteiger partial charge in [0.15, 0.2) is 0 Å². The molecule has 3 heterocycles. The Hall–Kier alpha value is -0.160. The van der Waals surface area contributed by atoms with Gasteiger partial charge in [0.1, 0.15) is 0 Å². The van der Waals surface area contributed by atoms with Gasteiger partial charge in [0.2, 0.25) is 0 Å². The summed E-state index contributed by atoms with van der Waals surface area (Å²) in [6.07, 6.45) is 5.84. The van der Waals surface area contributed by atoms with Gasteiger partial charge >= 0.3 is 0 Å². The van der Waals surface area contributed by atoms with Crippen molar-refractivity contribution in [3.05, 3.63) is 0 Å². The second-order valence-corrected chi connectivity index (χ2v) is 12.1. The summed E-state index contributed by atoms with van der Waals surface area (Å²) in [5, 5.41) is 0. The van der Waals surface area contributed by atoms with Gasteiger partial charge in [-0.3, -0.25) is 19.6 Å². The third-order valence-electron chi connectivity index (χ3n) is 8.20. The molecule has 1 aliphatic carbocycles. The average Bonchev–Trinajstić information content (AvgIpc) is 2.50.